The highest BCUT2D eigenvalue weighted by atomic mass is 19.3. The lowest BCUT2D eigenvalue weighted by molar-refractivity contribution is -0.0498. The summed E-state index contributed by atoms with van der Waals surface area (Å²) in [6.45, 7) is -2.98. The molecule has 0 atom stereocenters. The number of phenols is 1. The Balaban J connectivity index is 1.89. The number of halogens is 2. The van der Waals surface area contributed by atoms with Crippen LogP contribution >= 0.6 is 0 Å². The van der Waals surface area contributed by atoms with Gasteiger partial charge >= 0.3 is 6.61 Å². The van der Waals surface area contributed by atoms with Gasteiger partial charge in [0.15, 0.2) is 0 Å². The van der Waals surface area contributed by atoms with Crippen molar-refractivity contribution < 1.29 is 23.4 Å². The van der Waals surface area contributed by atoms with Gasteiger partial charge in [-0.15, -0.1) is 0 Å². The summed E-state index contributed by atoms with van der Waals surface area (Å²) in [5.74, 6) is -0.647. The van der Waals surface area contributed by atoms with Crippen LogP contribution in [-0.2, 0) is 0 Å². The quantitative estimate of drug-likeness (QED) is 0.538. The smallest absolute Gasteiger partial charge is 0.387 e. The Bertz CT molecular complexity index is 974. The minimum Gasteiger partial charge on any atom is -0.508 e. The predicted molar refractivity (Wildman–Crippen MR) is 93.7 cm³/mol. The van der Waals surface area contributed by atoms with Gasteiger partial charge in [-0.1, -0.05) is 36.4 Å². The molecule has 132 valence electrons. The zero-order chi connectivity index (χ0) is 18.5. The van der Waals surface area contributed by atoms with Crippen LogP contribution in [-0.4, -0.2) is 23.8 Å². The zero-order valence-electron chi connectivity index (χ0n) is 13.4. The highest BCUT2D eigenvalue weighted by molar-refractivity contribution is 6.03. The molecule has 26 heavy (non-hydrogen) atoms. The number of rotatable bonds is 5. The van der Waals surface area contributed by atoms with E-state index < -0.39 is 12.5 Å². The highest BCUT2D eigenvalue weighted by Gasteiger charge is 2.12. The van der Waals surface area contributed by atoms with Gasteiger partial charge in [-0.3, -0.25) is 4.79 Å². The van der Waals surface area contributed by atoms with E-state index in [1.807, 2.05) is 12.1 Å². The van der Waals surface area contributed by atoms with E-state index in [2.05, 4.69) is 15.3 Å². The van der Waals surface area contributed by atoms with Crippen molar-refractivity contribution in [1.29, 1.82) is 0 Å². The lowest BCUT2D eigenvalue weighted by Gasteiger charge is -2.10. The summed E-state index contributed by atoms with van der Waals surface area (Å²) in [5, 5.41) is 14.7. The number of nitrogens with zero attached hydrogens (tertiary/aromatic N) is 1. The maximum atomic E-state index is 12.7. The lowest BCUT2D eigenvalue weighted by atomic mass is 10.0. The molecule has 0 aromatic heterocycles. The van der Waals surface area contributed by atoms with Crippen molar-refractivity contribution in [2.24, 2.45) is 5.10 Å². The van der Waals surface area contributed by atoms with Crippen LogP contribution in [0.3, 0.4) is 0 Å². The van der Waals surface area contributed by atoms with Gasteiger partial charge in [0.05, 0.1) is 6.21 Å². The predicted octanol–water partition coefficient (Wildman–Crippen LogP) is 3.91. The molecule has 0 fully saturated rings. The number of alkyl halides is 2. The van der Waals surface area contributed by atoms with Crippen molar-refractivity contribution >= 4 is 22.9 Å². The molecule has 0 aliphatic rings. The van der Waals surface area contributed by atoms with Crippen LogP contribution < -0.4 is 10.2 Å². The third kappa shape index (κ3) is 3.94. The molecule has 0 unspecified atom stereocenters. The van der Waals surface area contributed by atoms with E-state index in [1.165, 1.54) is 36.5 Å². The molecule has 7 heteroatoms. The van der Waals surface area contributed by atoms with E-state index in [-0.39, 0.29) is 17.1 Å². The van der Waals surface area contributed by atoms with Crippen LogP contribution in [0.4, 0.5) is 8.78 Å². The Kier molecular flexibility index (Phi) is 5.07. The lowest BCUT2D eigenvalue weighted by Crippen LogP contribution is -2.17. The third-order valence-corrected chi connectivity index (χ3v) is 3.61. The molecule has 3 rings (SSSR count). The Labute approximate surface area is 147 Å². The first-order chi connectivity index (χ1) is 12.5. The van der Waals surface area contributed by atoms with Crippen molar-refractivity contribution in [3.63, 3.8) is 0 Å². The fraction of sp³-hybridized carbons (Fsp3) is 0.0526. The SMILES string of the molecule is O=C(N/N=C\c1c(OC(F)F)ccc2ccccc12)c1cccc(O)c1. The largest absolute Gasteiger partial charge is 0.508 e. The maximum Gasteiger partial charge on any atom is 0.387 e. The van der Waals surface area contributed by atoms with Crippen molar-refractivity contribution in [2.45, 2.75) is 6.61 Å². The van der Waals surface area contributed by atoms with Gasteiger partial charge in [-0.2, -0.15) is 13.9 Å². The van der Waals surface area contributed by atoms with Crippen LogP contribution in [0, 0.1) is 0 Å². The second-order valence-electron chi connectivity index (χ2n) is 5.33. The van der Waals surface area contributed by atoms with E-state index in [0.29, 0.717) is 10.9 Å². The maximum absolute atomic E-state index is 12.7. The van der Waals surface area contributed by atoms with Crippen LogP contribution in [0.25, 0.3) is 10.8 Å². The van der Waals surface area contributed by atoms with Crippen molar-refractivity contribution in [1.82, 2.24) is 5.43 Å². The Morgan fingerprint density at radius 1 is 1.12 bits per heavy atom. The number of carbonyl (C=O) groups excluding carboxylic acids is 1. The number of hydrogen-bond donors (Lipinski definition) is 2. The van der Waals surface area contributed by atoms with E-state index in [4.69, 9.17) is 0 Å². The van der Waals surface area contributed by atoms with Crippen LogP contribution in [0.15, 0.2) is 65.8 Å². The van der Waals surface area contributed by atoms with Gasteiger partial charge < -0.3 is 9.84 Å². The zero-order valence-corrected chi connectivity index (χ0v) is 13.4. The Hall–Kier alpha value is -3.48. The molecule has 5 nitrogen and oxygen atoms in total. The molecule has 0 radical (unpaired) electrons. The molecule has 1 amide bonds. The van der Waals surface area contributed by atoms with Crippen LogP contribution in [0.2, 0.25) is 0 Å². The van der Waals surface area contributed by atoms with Crippen LogP contribution in [0.5, 0.6) is 11.5 Å². The molecular weight excluding hydrogens is 342 g/mol. The Morgan fingerprint density at radius 3 is 2.69 bits per heavy atom. The second kappa shape index (κ2) is 7.60. The molecule has 0 aliphatic carbocycles. The summed E-state index contributed by atoms with van der Waals surface area (Å²) >= 11 is 0. The first-order valence-corrected chi connectivity index (χ1v) is 7.63. The standard InChI is InChI=1S/C19H14F2N2O3/c20-19(21)26-17-9-8-12-4-1-2-7-15(12)16(17)11-22-23-18(25)13-5-3-6-14(24)10-13/h1-11,19,24H,(H,23,25)/b22-11-. The number of nitrogens with one attached hydrogen (secondary N) is 1. The number of ether oxygens (including phenoxy) is 1. The molecule has 0 bridgehead atoms. The minimum absolute atomic E-state index is 0.0472. The molecule has 3 aromatic carbocycles. The average Bonchev–Trinajstić information content (AvgIpc) is 2.62. The fourth-order valence-electron chi connectivity index (χ4n) is 2.47. The number of benzene rings is 3. The number of amides is 1. The van der Waals surface area contributed by atoms with Crippen LogP contribution in [0.1, 0.15) is 15.9 Å². The minimum atomic E-state index is -2.98. The number of hydrogen-bond acceptors (Lipinski definition) is 4. The second-order valence-corrected chi connectivity index (χ2v) is 5.33. The molecule has 0 saturated carbocycles. The topological polar surface area (TPSA) is 70.9 Å². The van der Waals surface area contributed by atoms with Gasteiger partial charge in [0, 0.05) is 11.1 Å². The first kappa shape index (κ1) is 17.3. The van der Waals surface area contributed by atoms with Gasteiger partial charge in [0.1, 0.15) is 11.5 Å². The first-order valence-electron chi connectivity index (χ1n) is 7.63. The van der Waals surface area contributed by atoms with Gasteiger partial charge in [-0.25, -0.2) is 5.43 Å². The molecule has 0 spiro atoms. The Morgan fingerprint density at radius 2 is 1.92 bits per heavy atom. The number of fused-ring (bicyclic) bond motifs is 1. The normalized spacial score (nSPS) is 11.2. The number of hydrazone groups is 1. The fourth-order valence-corrected chi connectivity index (χ4v) is 2.47. The van der Waals surface area contributed by atoms with E-state index >= 15 is 0 Å². The van der Waals surface area contributed by atoms with E-state index in [9.17, 15) is 18.7 Å². The summed E-state index contributed by atoms with van der Waals surface area (Å²) in [7, 11) is 0. The molecule has 0 saturated heterocycles. The molecule has 2 N–H and O–H groups in total. The summed E-state index contributed by atoms with van der Waals surface area (Å²) in [6, 6.07) is 16.0. The average molecular weight is 356 g/mol. The van der Waals surface area contributed by atoms with Gasteiger partial charge in [0.25, 0.3) is 5.91 Å². The summed E-state index contributed by atoms with van der Waals surface area (Å²) in [5.41, 5.74) is 2.83. The van der Waals surface area contributed by atoms with E-state index in [1.54, 1.807) is 18.2 Å². The van der Waals surface area contributed by atoms with Gasteiger partial charge in [0.2, 0.25) is 0 Å². The highest BCUT2D eigenvalue weighted by Crippen LogP contribution is 2.27. The molecule has 0 heterocycles. The van der Waals surface area contributed by atoms with Gasteiger partial charge in [-0.05, 0) is 35.0 Å². The molecular formula is C19H14F2N2O3. The number of carbonyl (C=O) groups is 1. The molecule has 0 aliphatic heterocycles. The summed E-state index contributed by atoms with van der Waals surface area (Å²) < 4.78 is 29.8. The van der Waals surface area contributed by atoms with Crippen molar-refractivity contribution in [3.8, 4) is 11.5 Å². The van der Waals surface area contributed by atoms with E-state index in [0.717, 1.165) is 5.39 Å². The summed E-state index contributed by atoms with van der Waals surface area (Å²) in [6.07, 6.45) is 1.25. The number of aromatic hydroxyl groups is 1. The van der Waals surface area contributed by atoms with Crippen molar-refractivity contribution in [3.05, 3.63) is 71.8 Å². The van der Waals surface area contributed by atoms with Crippen molar-refractivity contribution in [2.75, 3.05) is 0 Å². The third-order valence-electron chi connectivity index (χ3n) is 3.61. The summed E-state index contributed by atoms with van der Waals surface area (Å²) in [4.78, 5) is 12.0. The number of phenolic OH excluding ortho intramolecular Hbond substituents is 1. The molecule has 3 aromatic rings. The monoisotopic (exact) mass is 356 g/mol.